The van der Waals surface area contributed by atoms with Crippen LogP contribution < -0.4 is 5.73 Å². The number of nitrogens with zero attached hydrogens (tertiary/aromatic N) is 3. The number of nitrogens with two attached hydrogens (primary N) is 1. The van der Waals surface area contributed by atoms with Crippen molar-refractivity contribution in [3.05, 3.63) is 24.3 Å². The Morgan fingerprint density at radius 1 is 1.36 bits per heavy atom. The number of rotatable bonds is 2. The van der Waals surface area contributed by atoms with E-state index in [9.17, 15) is 0 Å². The SMILES string of the molecule is CCc1c(N)noc1-c1cncnc1. The number of hydrogen-bond acceptors (Lipinski definition) is 5. The smallest absolute Gasteiger partial charge is 0.175 e. The van der Waals surface area contributed by atoms with Crippen LogP contribution in [0.1, 0.15) is 12.5 Å². The summed E-state index contributed by atoms with van der Waals surface area (Å²) >= 11 is 0. The van der Waals surface area contributed by atoms with E-state index in [0.717, 1.165) is 17.5 Å². The van der Waals surface area contributed by atoms with E-state index in [1.807, 2.05) is 6.92 Å². The maximum atomic E-state index is 5.64. The van der Waals surface area contributed by atoms with Crippen LogP contribution in [-0.2, 0) is 6.42 Å². The van der Waals surface area contributed by atoms with Gasteiger partial charge in [0.15, 0.2) is 11.6 Å². The zero-order chi connectivity index (χ0) is 9.97. The van der Waals surface area contributed by atoms with Crippen molar-refractivity contribution in [1.82, 2.24) is 15.1 Å². The van der Waals surface area contributed by atoms with E-state index in [-0.39, 0.29) is 0 Å². The van der Waals surface area contributed by atoms with Crippen molar-refractivity contribution in [2.24, 2.45) is 0 Å². The lowest BCUT2D eigenvalue weighted by atomic mass is 10.1. The van der Waals surface area contributed by atoms with E-state index >= 15 is 0 Å². The second kappa shape index (κ2) is 3.45. The molecule has 0 radical (unpaired) electrons. The highest BCUT2D eigenvalue weighted by molar-refractivity contribution is 5.64. The van der Waals surface area contributed by atoms with Gasteiger partial charge in [0.05, 0.1) is 5.56 Å². The molecule has 0 aliphatic carbocycles. The van der Waals surface area contributed by atoms with Crippen molar-refractivity contribution in [3.8, 4) is 11.3 Å². The minimum atomic E-state index is 0.436. The Morgan fingerprint density at radius 2 is 2.07 bits per heavy atom. The Balaban J connectivity index is 2.52. The first kappa shape index (κ1) is 8.68. The Labute approximate surface area is 81.0 Å². The maximum Gasteiger partial charge on any atom is 0.175 e. The highest BCUT2D eigenvalue weighted by Crippen LogP contribution is 2.26. The first-order valence-corrected chi connectivity index (χ1v) is 4.32. The predicted octanol–water partition coefficient (Wildman–Crippen LogP) is 1.28. The van der Waals surface area contributed by atoms with E-state index < -0.39 is 0 Å². The molecule has 0 saturated carbocycles. The van der Waals surface area contributed by atoms with Crippen LogP contribution in [0.25, 0.3) is 11.3 Å². The van der Waals surface area contributed by atoms with Gasteiger partial charge in [0.2, 0.25) is 0 Å². The van der Waals surface area contributed by atoms with Gasteiger partial charge in [-0.3, -0.25) is 0 Å². The van der Waals surface area contributed by atoms with Crippen LogP contribution in [-0.4, -0.2) is 15.1 Å². The van der Waals surface area contributed by atoms with Crippen molar-refractivity contribution in [2.75, 3.05) is 5.73 Å². The molecule has 0 saturated heterocycles. The summed E-state index contributed by atoms with van der Waals surface area (Å²) in [5, 5.41) is 3.71. The van der Waals surface area contributed by atoms with Crippen LogP contribution in [0.4, 0.5) is 5.82 Å². The minimum Gasteiger partial charge on any atom is -0.381 e. The largest absolute Gasteiger partial charge is 0.381 e. The second-order valence-electron chi connectivity index (χ2n) is 2.86. The first-order chi connectivity index (χ1) is 6.83. The summed E-state index contributed by atoms with van der Waals surface area (Å²) < 4.78 is 5.12. The van der Waals surface area contributed by atoms with Gasteiger partial charge in [0.1, 0.15) is 6.33 Å². The van der Waals surface area contributed by atoms with E-state index in [1.165, 1.54) is 6.33 Å². The van der Waals surface area contributed by atoms with Gasteiger partial charge < -0.3 is 10.3 Å². The van der Waals surface area contributed by atoms with Crippen LogP contribution in [0.15, 0.2) is 23.2 Å². The number of aromatic nitrogens is 3. The topological polar surface area (TPSA) is 77.8 Å². The van der Waals surface area contributed by atoms with Gasteiger partial charge in [-0.05, 0) is 6.42 Å². The third kappa shape index (κ3) is 1.32. The molecule has 0 atom stereocenters. The molecule has 0 aliphatic heterocycles. The molecule has 2 rings (SSSR count). The van der Waals surface area contributed by atoms with Gasteiger partial charge in [0, 0.05) is 18.0 Å². The number of anilines is 1. The number of nitrogen functional groups attached to an aromatic ring is 1. The summed E-state index contributed by atoms with van der Waals surface area (Å²) in [5.41, 5.74) is 7.35. The molecule has 0 unspecified atom stereocenters. The highest BCUT2D eigenvalue weighted by atomic mass is 16.5. The summed E-state index contributed by atoms with van der Waals surface area (Å²) in [6.45, 7) is 2.00. The van der Waals surface area contributed by atoms with Gasteiger partial charge in [-0.1, -0.05) is 12.1 Å². The van der Waals surface area contributed by atoms with Gasteiger partial charge >= 0.3 is 0 Å². The minimum absolute atomic E-state index is 0.436. The highest BCUT2D eigenvalue weighted by Gasteiger charge is 2.13. The van der Waals surface area contributed by atoms with Gasteiger partial charge in [-0.2, -0.15) is 0 Å². The van der Waals surface area contributed by atoms with Gasteiger partial charge in [-0.15, -0.1) is 0 Å². The zero-order valence-electron chi connectivity index (χ0n) is 7.77. The molecule has 2 aromatic heterocycles. The van der Waals surface area contributed by atoms with E-state index in [4.69, 9.17) is 10.3 Å². The third-order valence-corrected chi connectivity index (χ3v) is 1.99. The molecule has 72 valence electrons. The number of hydrogen-bond donors (Lipinski definition) is 1. The standard InChI is InChI=1S/C9H10N4O/c1-2-7-8(14-13-9(7)10)6-3-11-5-12-4-6/h3-5H,2H2,1H3,(H2,10,13). The average molecular weight is 190 g/mol. The average Bonchev–Trinajstić information content (AvgIpc) is 2.61. The van der Waals surface area contributed by atoms with Crippen LogP contribution >= 0.6 is 0 Å². The Morgan fingerprint density at radius 3 is 2.71 bits per heavy atom. The molecule has 5 heteroatoms. The van der Waals surface area contributed by atoms with Crippen molar-refractivity contribution in [2.45, 2.75) is 13.3 Å². The fourth-order valence-electron chi connectivity index (χ4n) is 1.31. The molecule has 2 N–H and O–H groups in total. The van der Waals surface area contributed by atoms with E-state index in [0.29, 0.717) is 11.6 Å². The maximum absolute atomic E-state index is 5.64. The summed E-state index contributed by atoms with van der Waals surface area (Å²) in [4.78, 5) is 7.81. The lowest BCUT2D eigenvalue weighted by molar-refractivity contribution is 0.435. The lowest BCUT2D eigenvalue weighted by Gasteiger charge is -1.96. The lowest BCUT2D eigenvalue weighted by Crippen LogP contribution is -1.91. The molecule has 2 aromatic rings. The quantitative estimate of drug-likeness (QED) is 0.771. The van der Waals surface area contributed by atoms with E-state index in [1.54, 1.807) is 12.4 Å². The molecule has 0 spiro atoms. The Hall–Kier alpha value is -1.91. The summed E-state index contributed by atoms with van der Waals surface area (Å²) in [7, 11) is 0. The Bertz CT molecular complexity index is 424. The molecule has 5 nitrogen and oxygen atoms in total. The molecule has 14 heavy (non-hydrogen) atoms. The molecular weight excluding hydrogens is 180 g/mol. The second-order valence-corrected chi connectivity index (χ2v) is 2.86. The van der Waals surface area contributed by atoms with Crippen molar-refractivity contribution < 1.29 is 4.52 Å². The molecule has 0 bridgehead atoms. The Kier molecular flexibility index (Phi) is 2.14. The van der Waals surface area contributed by atoms with E-state index in [2.05, 4.69) is 15.1 Å². The van der Waals surface area contributed by atoms with Crippen molar-refractivity contribution in [3.63, 3.8) is 0 Å². The van der Waals surface area contributed by atoms with Crippen LogP contribution in [0.2, 0.25) is 0 Å². The summed E-state index contributed by atoms with van der Waals surface area (Å²) in [5.74, 6) is 1.09. The zero-order valence-corrected chi connectivity index (χ0v) is 7.77. The summed E-state index contributed by atoms with van der Waals surface area (Å²) in [6, 6.07) is 0. The van der Waals surface area contributed by atoms with Crippen molar-refractivity contribution in [1.29, 1.82) is 0 Å². The fraction of sp³-hybridized carbons (Fsp3) is 0.222. The van der Waals surface area contributed by atoms with Gasteiger partial charge in [0.25, 0.3) is 0 Å². The molecule has 0 aliphatic rings. The molecule has 2 heterocycles. The molecule has 0 aromatic carbocycles. The van der Waals surface area contributed by atoms with Crippen LogP contribution in [0.5, 0.6) is 0 Å². The molecular formula is C9H10N4O. The van der Waals surface area contributed by atoms with Crippen LogP contribution in [0, 0.1) is 0 Å². The van der Waals surface area contributed by atoms with Crippen molar-refractivity contribution >= 4 is 5.82 Å². The fourth-order valence-corrected chi connectivity index (χ4v) is 1.31. The first-order valence-electron chi connectivity index (χ1n) is 4.32. The predicted molar refractivity (Wildman–Crippen MR) is 51.3 cm³/mol. The molecule has 0 amide bonds. The van der Waals surface area contributed by atoms with Gasteiger partial charge in [-0.25, -0.2) is 9.97 Å². The normalized spacial score (nSPS) is 10.4. The third-order valence-electron chi connectivity index (χ3n) is 1.99. The van der Waals surface area contributed by atoms with Crippen LogP contribution in [0.3, 0.4) is 0 Å². The summed E-state index contributed by atoms with van der Waals surface area (Å²) in [6.07, 6.45) is 5.59. The molecule has 0 fully saturated rings. The monoisotopic (exact) mass is 190 g/mol.